The molecule has 0 saturated carbocycles. The zero-order valence-electron chi connectivity index (χ0n) is 16.6. The van der Waals surface area contributed by atoms with Gasteiger partial charge in [-0.15, -0.1) is 0 Å². The van der Waals surface area contributed by atoms with Gasteiger partial charge < -0.3 is 9.72 Å². The third kappa shape index (κ3) is 4.21. The summed E-state index contributed by atoms with van der Waals surface area (Å²) in [4.78, 5) is 17.1. The highest BCUT2D eigenvalue weighted by Gasteiger charge is 2.30. The molecule has 0 aliphatic carbocycles. The molecule has 7 nitrogen and oxygen atoms in total. The summed E-state index contributed by atoms with van der Waals surface area (Å²) >= 11 is 5.97. The summed E-state index contributed by atoms with van der Waals surface area (Å²) in [5.41, 5.74) is 1.83. The van der Waals surface area contributed by atoms with Gasteiger partial charge in [0.15, 0.2) is 0 Å². The van der Waals surface area contributed by atoms with Crippen LogP contribution in [0.5, 0.6) is 0 Å². The van der Waals surface area contributed by atoms with Crippen molar-refractivity contribution in [3.05, 3.63) is 65.1 Å². The number of fused-ring (bicyclic) bond motifs is 1. The largest absolute Gasteiger partial charge is 0.346 e. The predicted molar refractivity (Wildman–Crippen MR) is 115 cm³/mol. The number of sulfonamides is 1. The Morgan fingerprint density at radius 1 is 1.17 bits per heavy atom. The third-order valence-electron chi connectivity index (χ3n) is 5.36. The zero-order chi connectivity index (χ0) is 21.3. The summed E-state index contributed by atoms with van der Waals surface area (Å²) in [6.07, 6.45) is 6.34. The van der Waals surface area contributed by atoms with E-state index in [1.807, 2.05) is 6.92 Å². The van der Waals surface area contributed by atoms with Crippen molar-refractivity contribution in [1.29, 1.82) is 0 Å². The lowest BCUT2D eigenvalue weighted by atomic mass is 10.1. The molecule has 4 rings (SSSR count). The van der Waals surface area contributed by atoms with Gasteiger partial charge in [-0.1, -0.05) is 18.0 Å². The van der Waals surface area contributed by atoms with Gasteiger partial charge in [0, 0.05) is 30.5 Å². The van der Waals surface area contributed by atoms with Crippen LogP contribution in [0.3, 0.4) is 0 Å². The number of hydrogen-bond donors (Lipinski definition) is 1. The van der Waals surface area contributed by atoms with Gasteiger partial charge in [-0.2, -0.15) is 4.31 Å². The second kappa shape index (κ2) is 8.37. The van der Waals surface area contributed by atoms with Crippen LogP contribution in [-0.4, -0.2) is 40.6 Å². The second-order valence-corrected chi connectivity index (χ2v) is 9.84. The Hall–Kier alpha value is -2.42. The molecular formula is C21H23ClN4O3S. The van der Waals surface area contributed by atoms with E-state index < -0.39 is 10.0 Å². The highest BCUT2D eigenvalue weighted by Crippen LogP contribution is 2.25. The van der Waals surface area contributed by atoms with Gasteiger partial charge in [0.1, 0.15) is 5.65 Å². The SMILES string of the molecule is CC1CCCCN1S(=O)(=O)c1ccc(C(=O)NCc2cn3cc(Cl)ccc3n2)cc1. The highest BCUT2D eigenvalue weighted by atomic mass is 35.5. The fraction of sp³-hybridized carbons (Fsp3) is 0.333. The number of hydrogen-bond acceptors (Lipinski definition) is 4. The first kappa shape index (κ1) is 20.8. The van der Waals surface area contributed by atoms with Crippen LogP contribution in [0.15, 0.2) is 53.7 Å². The molecule has 1 N–H and O–H groups in total. The molecule has 3 aromatic rings. The van der Waals surface area contributed by atoms with Gasteiger partial charge in [0.2, 0.25) is 10.0 Å². The van der Waals surface area contributed by atoms with Crippen molar-refractivity contribution >= 4 is 33.2 Å². The number of halogens is 1. The van der Waals surface area contributed by atoms with E-state index in [1.54, 1.807) is 45.4 Å². The number of amides is 1. The summed E-state index contributed by atoms with van der Waals surface area (Å²) in [6.45, 7) is 2.73. The normalized spacial score (nSPS) is 17.9. The molecule has 1 aromatic carbocycles. The topological polar surface area (TPSA) is 83.8 Å². The average Bonchev–Trinajstić information content (AvgIpc) is 3.14. The van der Waals surface area contributed by atoms with Gasteiger partial charge in [0.05, 0.1) is 22.2 Å². The van der Waals surface area contributed by atoms with Crippen LogP contribution in [0.4, 0.5) is 0 Å². The number of carbonyl (C=O) groups is 1. The van der Waals surface area contributed by atoms with Crippen molar-refractivity contribution in [2.45, 2.75) is 43.7 Å². The Labute approximate surface area is 180 Å². The Morgan fingerprint density at radius 2 is 1.93 bits per heavy atom. The van der Waals surface area contributed by atoms with E-state index >= 15 is 0 Å². The Morgan fingerprint density at radius 3 is 2.67 bits per heavy atom. The van der Waals surface area contributed by atoms with Crippen molar-refractivity contribution in [3.63, 3.8) is 0 Å². The molecule has 0 spiro atoms. The number of benzene rings is 1. The van der Waals surface area contributed by atoms with E-state index in [-0.39, 0.29) is 23.4 Å². The van der Waals surface area contributed by atoms with E-state index in [4.69, 9.17) is 11.6 Å². The van der Waals surface area contributed by atoms with Gasteiger partial charge in [-0.25, -0.2) is 13.4 Å². The molecule has 0 bridgehead atoms. The number of pyridine rings is 1. The van der Waals surface area contributed by atoms with E-state index in [9.17, 15) is 13.2 Å². The third-order valence-corrected chi connectivity index (χ3v) is 7.61. The maximum atomic E-state index is 12.9. The molecular weight excluding hydrogens is 424 g/mol. The predicted octanol–water partition coefficient (Wildman–Crippen LogP) is 3.48. The first-order valence-electron chi connectivity index (χ1n) is 9.88. The Balaban J connectivity index is 1.43. The summed E-state index contributed by atoms with van der Waals surface area (Å²) in [6, 6.07) is 9.63. The number of imidazole rings is 1. The number of rotatable bonds is 5. The maximum Gasteiger partial charge on any atom is 0.251 e. The van der Waals surface area contributed by atoms with E-state index in [0.717, 1.165) is 24.9 Å². The van der Waals surface area contributed by atoms with Gasteiger partial charge in [0.25, 0.3) is 5.91 Å². The van der Waals surface area contributed by atoms with Crippen molar-refractivity contribution in [2.24, 2.45) is 0 Å². The number of carbonyl (C=O) groups excluding carboxylic acids is 1. The Bertz CT molecular complexity index is 1170. The zero-order valence-corrected chi connectivity index (χ0v) is 18.2. The first-order valence-corrected chi connectivity index (χ1v) is 11.7. The van der Waals surface area contributed by atoms with E-state index in [2.05, 4.69) is 10.3 Å². The van der Waals surface area contributed by atoms with Crippen LogP contribution in [0.25, 0.3) is 5.65 Å². The summed E-state index contributed by atoms with van der Waals surface area (Å²) in [7, 11) is -3.55. The highest BCUT2D eigenvalue weighted by molar-refractivity contribution is 7.89. The number of nitrogens with zero attached hydrogens (tertiary/aromatic N) is 3. The van der Waals surface area contributed by atoms with E-state index in [0.29, 0.717) is 22.8 Å². The molecule has 9 heteroatoms. The van der Waals surface area contributed by atoms with Crippen molar-refractivity contribution in [3.8, 4) is 0 Å². The molecule has 1 unspecified atom stereocenters. The summed E-state index contributed by atoms with van der Waals surface area (Å²) in [5, 5.41) is 3.41. The molecule has 1 fully saturated rings. The van der Waals surface area contributed by atoms with Crippen LogP contribution >= 0.6 is 11.6 Å². The lowest BCUT2D eigenvalue weighted by Gasteiger charge is -2.32. The van der Waals surface area contributed by atoms with Gasteiger partial charge in [-0.3, -0.25) is 4.79 Å². The van der Waals surface area contributed by atoms with Crippen LogP contribution in [-0.2, 0) is 16.6 Å². The molecule has 158 valence electrons. The van der Waals surface area contributed by atoms with E-state index in [1.165, 1.54) is 12.1 Å². The van der Waals surface area contributed by atoms with Gasteiger partial charge >= 0.3 is 0 Å². The van der Waals surface area contributed by atoms with Crippen LogP contribution < -0.4 is 5.32 Å². The molecule has 0 radical (unpaired) electrons. The average molecular weight is 447 g/mol. The molecule has 1 amide bonds. The monoisotopic (exact) mass is 446 g/mol. The lowest BCUT2D eigenvalue weighted by Crippen LogP contribution is -2.41. The molecule has 1 atom stereocenters. The fourth-order valence-corrected chi connectivity index (χ4v) is 5.59. The molecule has 1 saturated heterocycles. The number of nitrogens with one attached hydrogen (secondary N) is 1. The minimum Gasteiger partial charge on any atom is -0.346 e. The number of piperidine rings is 1. The van der Waals surface area contributed by atoms with Crippen LogP contribution in [0, 0.1) is 0 Å². The molecule has 1 aliphatic heterocycles. The molecule has 3 heterocycles. The minimum atomic E-state index is -3.55. The minimum absolute atomic E-state index is 0.00737. The van der Waals surface area contributed by atoms with Gasteiger partial charge in [-0.05, 0) is 56.2 Å². The maximum absolute atomic E-state index is 12.9. The quantitative estimate of drug-likeness (QED) is 0.650. The lowest BCUT2D eigenvalue weighted by molar-refractivity contribution is 0.0950. The fourth-order valence-electron chi connectivity index (χ4n) is 3.72. The smallest absolute Gasteiger partial charge is 0.251 e. The second-order valence-electron chi connectivity index (χ2n) is 7.51. The summed E-state index contributed by atoms with van der Waals surface area (Å²) < 4.78 is 29.2. The van der Waals surface area contributed by atoms with Crippen molar-refractivity contribution in [1.82, 2.24) is 19.0 Å². The van der Waals surface area contributed by atoms with Crippen molar-refractivity contribution in [2.75, 3.05) is 6.54 Å². The Kier molecular flexibility index (Phi) is 5.81. The molecule has 1 aliphatic rings. The standard InChI is InChI=1S/C21H23ClN4O3S/c1-15-4-2-3-11-26(15)30(28,29)19-8-5-16(6-9-19)21(27)23-12-18-14-25-13-17(22)7-10-20(25)24-18/h5-10,13-15H,2-4,11-12H2,1H3,(H,23,27). The summed E-state index contributed by atoms with van der Waals surface area (Å²) in [5.74, 6) is -0.291. The van der Waals surface area contributed by atoms with Crippen LogP contribution in [0.1, 0.15) is 42.2 Å². The van der Waals surface area contributed by atoms with Crippen LogP contribution in [0.2, 0.25) is 5.02 Å². The molecule has 30 heavy (non-hydrogen) atoms. The number of aromatic nitrogens is 2. The first-order chi connectivity index (χ1) is 14.3. The molecule has 2 aromatic heterocycles. The van der Waals surface area contributed by atoms with Crippen molar-refractivity contribution < 1.29 is 13.2 Å².